The summed E-state index contributed by atoms with van der Waals surface area (Å²) < 4.78 is 5.81. The quantitative estimate of drug-likeness (QED) is 0.425. The number of benzene rings is 1. The Kier molecular flexibility index (Phi) is 4.23. The third kappa shape index (κ3) is 2.77. The van der Waals surface area contributed by atoms with Gasteiger partial charge < -0.3 is 14.5 Å². The van der Waals surface area contributed by atoms with Crippen molar-refractivity contribution in [2.24, 2.45) is 0 Å². The van der Waals surface area contributed by atoms with Gasteiger partial charge in [0.1, 0.15) is 0 Å². The van der Waals surface area contributed by atoms with Gasteiger partial charge in [-0.15, -0.1) is 11.3 Å². The van der Waals surface area contributed by atoms with Gasteiger partial charge in [0.05, 0.1) is 18.2 Å². The summed E-state index contributed by atoms with van der Waals surface area (Å²) in [6, 6.07) is 6.90. The van der Waals surface area contributed by atoms with Crippen molar-refractivity contribution in [3.05, 3.63) is 52.1 Å². The lowest BCUT2D eigenvalue weighted by Crippen LogP contribution is -2.04. The first-order chi connectivity index (χ1) is 11.0. The number of para-hydroxylation sites is 1. The highest BCUT2D eigenvalue weighted by Crippen LogP contribution is 2.35. The maximum atomic E-state index is 12.6. The number of aromatic nitrogens is 2. The molecule has 7 nitrogen and oxygen atoms in total. The average molecular weight is 350 g/mol. The zero-order valence-electron chi connectivity index (χ0n) is 11.8. The van der Waals surface area contributed by atoms with Crippen molar-refractivity contribution in [1.29, 1.82) is 0 Å². The van der Waals surface area contributed by atoms with Crippen molar-refractivity contribution in [3.63, 3.8) is 0 Å². The van der Waals surface area contributed by atoms with Gasteiger partial charge in [-0.25, -0.2) is 9.78 Å². The number of fused-ring (bicyclic) bond motifs is 1. The van der Waals surface area contributed by atoms with Crippen molar-refractivity contribution < 1.29 is 24.1 Å². The topological polar surface area (TPSA) is 102 Å². The van der Waals surface area contributed by atoms with Gasteiger partial charge in [0.2, 0.25) is 5.78 Å². The van der Waals surface area contributed by atoms with E-state index in [2.05, 4.69) is 9.72 Å². The first-order valence-corrected chi connectivity index (χ1v) is 8.47. The monoisotopic (exact) mass is 350 g/mol. The van der Waals surface area contributed by atoms with Crippen molar-refractivity contribution in [2.45, 2.75) is 0 Å². The van der Waals surface area contributed by atoms with Gasteiger partial charge in [0.15, 0.2) is 10.7 Å². The molecular weight excluding hydrogens is 339 g/mol. The van der Waals surface area contributed by atoms with Crippen LogP contribution >= 0.6 is 19.9 Å². The molecular formula is C14H11N2O5PS. The summed E-state index contributed by atoms with van der Waals surface area (Å²) >= 11 is 1.03. The van der Waals surface area contributed by atoms with Crippen LogP contribution in [0.25, 0.3) is 10.9 Å². The SMILES string of the molecule is COC(=O)c1csc(C(=O)c2cn(P(O)O)c3ccccc23)n1. The number of hydrogen-bond acceptors (Lipinski definition) is 7. The van der Waals surface area contributed by atoms with Crippen LogP contribution in [0.1, 0.15) is 25.9 Å². The molecule has 0 saturated heterocycles. The lowest BCUT2D eigenvalue weighted by Gasteiger charge is -2.03. The fourth-order valence-corrected chi connectivity index (χ4v) is 3.51. The largest absolute Gasteiger partial charge is 0.464 e. The lowest BCUT2D eigenvalue weighted by molar-refractivity contribution is 0.0595. The van der Waals surface area contributed by atoms with Crippen molar-refractivity contribution in [1.82, 2.24) is 9.32 Å². The summed E-state index contributed by atoms with van der Waals surface area (Å²) in [6.45, 7) is 0. The molecule has 0 bridgehead atoms. The van der Waals surface area contributed by atoms with E-state index in [0.29, 0.717) is 16.5 Å². The number of ketones is 1. The van der Waals surface area contributed by atoms with Gasteiger partial charge >= 0.3 is 5.97 Å². The van der Waals surface area contributed by atoms with Crippen LogP contribution < -0.4 is 0 Å². The van der Waals surface area contributed by atoms with Gasteiger partial charge in [-0.1, -0.05) is 18.2 Å². The van der Waals surface area contributed by atoms with Crippen LogP contribution in [0.3, 0.4) is 0 Å². The van der Waals surface area contributed by atoms with E-state index in [0.717, 1.165) is 11.3 Å². The van der Waals surface area contributed by atoms with E-state index in [-0.39, 0.29) is 10.7 Å². The van der Waals surface area contributed by atoms with Crippen LogP contribution in [0.4, 0.5) is 0 Å². The number of methoxy groups -OCH3 is 1. The highest BCUT2D eigenvalue weighted by molar-refractivity contribution is 7.43. The minimum atomic E-state index is -2.40. The molecule has 23 heavy (non-hydrogen) atoms. The van der Waals surface area contributed by atoms with E-state index in [1.807, 2.05) is 0 Å². The second kappa shape index (κ2) is 6.17. The number of hydrogen-bond donors (Lipinski definition) is 2. The van der Waals surface area contributed by atoms with Crippen LogP contribution in [-0.2, 0) is 4.74 Å². The predicted octanol–water partition coefficient (Wildman–Crippen LogP) is 2.17. The molecule has 0 atom stereocenters. The Bertz CT molecular complexity index is 902. The average Bonchev–Trinajstić information content (AvgIpc) is 3.18. The van der Waals surface area contributed by atoms with E-state index in [4.69, 9.17) is 0 Å². The second-order valence-electron chi connectivity index (χ2n) is 4.53. The van der Waals surface area contributed by atoms with Crippen molar-refractivity contribution in [3.8, 4) is 0 Å². The van der Waals surface area contributed by atoms with Gasteiger partial charge in [-0.2, -0.15) is 0 Å². The number of nitrogens with zero attached hydrogens (tertiary/aromatic N) is 2. The Morgan fingerprint density at radius 3 is 2.74 bits per heavy atom. The molecule has 0 radical (unpaired) electrons. The highest BCUT2D eigenvalue weighted by Gasteiger charge is 2.22. The molecule has 0 aliphatic rings. The zero-order chi connectivity index (χ0) is 16.6. The molecule has 0 saturated carbocycles. The minimum Gasteiger partial charge on any atom is -0.464 e. The van der Waals surface area contributed by atoms with Gasteiger partial charge in [-0.3, -0.25) is 9.13 Å². The third-order valence-corrected chi connectivity index (χ3v) is 4.78. The molecule has 1 aromatic carbocycles. The molecule has 3 aromatic rings. The summed E-state index contributed by atoms with van der Waals surface area (Å²) in [5.41, 5.74) is 0.898. The molecule has 0 fully saturated rings. The Hall–Kier alpha value is -2.12. The molecule has 2 heterocycles. The van der Waals surface area contributed by atoms with Gasteiger partial charge in [0, 0.05) is 17.0 Å². The fraction of sp³-hybridized carbons (Fsp3) is 0.0714. The zero-order valence-corrected chi connectivity index (χ0v) is 13.5. The number of esters is 1. The summed E-state index contributed by atoms with van der Waals surface area (Å²) in [5, 5.41) is 2.17. The molecule has 3 rings (SSSR count). The lowest BCUT2D eigenvalue weighted by atomic mass is 10.1. The highest BCUT2D eigenvalue weighted by atomic mass is 32.1. The van der Waals surface area contributed by atoms with E-state index in [9.17, 15) is 19.4 Å². The summed E-state index contributed by atoms with van der Waals surface area (Å²) in [6.07, 6.45) is 1.39. The summed E-state index contributed by atoms with van der Waals surface area (Å²) in [4.78, 5) is 47.1. The van der Waals surface area contributed by atoms with Crippen LogP contribution in [0, 0.1) is 0 Å². The molecule has 2 N–H and O–H groups in total. The molecule has 0 aliphatic heterocycles. The maximum absolute atomic E-state index is 12.6. The number of carbonyl (C=O) groups excluding carboxylic acids is 2. The van der Waals surface area contributed by atoms with Crippen LogP contribution in [0.15, 0.2) is 35.8 Å². The second-order valence-corrected chi connectivity index (χ2v) is 6.36. The fourth-order valence-electron chi connectivity index (χ4n) is 2.18. The third-order valence-electron chi connectivity index (χ3n) is 3.22. The van der Waals surface area contributed by atoms with Crippen molar-refractivity contribution in [2.75, 3.05) is 7.11 Å². The molecule has 0 aliphatic carbocycles. The van der Waals surface area contributed by atoms with E-state index < -0.39 is 20.3 Å². The molecule has 2 aromatic heterocycles. The summed E-state index contributed by atoms with van der Waals surface area (Å²) in [5.74, 6) is -1.01. The molecule has 118 valence electrons. The van der Waals surface area contributed by atoms with Crippen LogP contribution in [0.5, 0.6) is 0 Å². The number of carbonyl (C=O) groups is 2. The Morgan fingerprint density at radius 2 is 2.04 bits per heavy atom. The normalized spacial score (nSPS) is 11.1. The standard InChI is InChI=1S/C14H11N2O5PS/c1-21-14(18)10-7-23-13(15-10)12(17)9-6-16(22(19)20)11-5-3-2-4-8(9)11/h2-7,19-20H,1H3. The number of thiazole rings is 1. The number of rotatable bonds is 4. The Morgan fingerprint density at radius 1 is 1.30 bits per heavy atom. The molecule has 9 heteroatoms. The Balaban J connectivity index is 2.08. The van der Waals surface area contributed by atoms with E-state index in [1.165, 1.54) is 23.0 Å². The van der Waals surface area contributed by atoms with Crippen LogP contribution in [-0.4, -0.2) is 38.0 Å². The number of ether oxygens (including phenoxy) is 1. The molecule has 0 unspecified atom stereocenters. The van der Waals surface area contributed by atoms with Gasteiger partial charge in [0.25, 0.3) is 8.53 Å². The first-order valence-electron chi connectivity index (χ1n) is 6.39. The predicted molar refractivity (Wildman–Crippen MR) is 85.6 cm³/mol. The van der Waals surface area contributed by atoms with E-state index >= 15 is 0 Å². The first kappa shape index (κ1) is 15.8. The smallest absolute Gasteiger partial charge is 0.357 e. The Labute approximate surface area is 135 Å². The van der Waals surface area contributed by atoms with E-state index in [1.54, 1.807) is 24.3 Å². The maximum Gasteiger partial charge on any atom is 0.357 e. The molecule has 0 spiro atoms. The minimum absolute atomic E-state index is 0.0659. The molecule has 0 amide bonds. The van der Waals surface area contributed by atoms with Crippen molar-refractivity contribution >= 4 is 42.5 Å². The van der Waals surface area contributed by atoms with Crippen LogP contribution in [0.2, 0.25) is 0 Å². The summed E-state index contributed by atoms with van der Waals surface area (Å²) in [7, 11) is -1.16. The van der Waals surface area contributed by atoms with Gasteiger partial charge in [-0.05, 0) is 6.07 Å².